The van der Waals surface area contributed by atoms with Crippen LogP contribution in [0.3, 0.4) is 0 Å². The third kappa shape index (κ3) is 2.88. The zero-order chi connectivity index (χ0) is 13.0. The summed E-state index contributed by atoms with van der Waals surface area (Å²) in [6, 6.07) is 1.88. The maximum absolute atomic E-state index is 10.7. The van der Waals surface area contributed by atoms with Crippen LogP contribution in [0.5, 0.6) is 0 Å². The monoisotopic (exact) mass is 248 g/mol. The summed E-state index contributed by atoms with van der Waals surface area (Å²) in [6.45, 7) is 6.76. The number of rotatable bonds is 5. The van der Waals surface area contributed by atoms with E-state index in [9.17, 15) is 4.79 Å². The maximum atomic E-state index is 10.7. The molecule has 4 nitrogen and oxygen atoms in total. The minimum Gasteiger partial charge on any atom is -0.376 e. The Morgan fingerprint density at radius 3 is 3.00 bits per heavy atom. The molecule has 98 valence electrons. The summed E-state index contributed by atoms with van der Waals surface area (Å²) < 4.78 is 5.67. The lowest BCUT2D eigenvalue weighted by atomic mass is 10.2. The van der Waals surface area contributed by atoms with Gasteiger partial charge in [-0.3, -0.25) is 4.79 Å². The maximum Gasteiger partial charge on any atom is 0.151 e. The summed E-state index contributed by atoms with van der Waals surface area (Å²) in [5.41, 5.74) is 1.67. The minimum atomic E-state index is 0.317. The Hall–Kier alpha value is -1.42. The average molecular weight is 248 g/mol. The second-order valence-electron chi connectivity index (χ2n) is 4.70. The molecule has 1 fully saturated rings. The molecule has 0 aliphatic carbocycles. The highest BCUT2D eigenvalue weighted by Crippen LogP contribution is 2.20. The van der Waals surface area contributed by atoms with Crippen LogP contribution in [0.25, 0.3) is 0 Å². The predicted molar refractivity (Wildman–Crippen MR) is 71.2 cm³/mol. The zero-order valence-electron chi connectivity index (χ0n) is 11.1. The van der Waals surface area contributed by atoms with Gasteiger partial charge in [-0.05, 0) is 38.3 Å². The molecule has 2 rings (SSSR count). The second kappa shape index (κ2) is 5.96. The number of aromatic nitrogens is 1. The van der Waals surface area contributed by atoms with Crippen molar-refractivity contribution in [1.29, 1.82) is 0 Å². The molecule has 0 bridgehead atoms. The SMILES string of the molecule is CCN(CC1CCCO1)c1ncc(C=O)cc1C. The van der Waals surface area contributed by atoms with Crippen LogP contribution in [0.4, 0.5) is 5.82 Å². The first kappa shape index (κ1) is 13.0. The van der Waals surface area contributed by atoms with E-state index in [0.29, 0.717) is 11.7 Å². The summed E-state index contributed by atoms with van der Waals surface area (Å²) in [4.78, 5) is 17.3. The van der Waals surface area contributed by atoms with Crippen LogP contribution >= 0.6 is 0 Å². The third-order valence-corrected chi connectivity index (χ3v) is 3.34. The van der Waals surface area contributed by atoms with E-state index in [4.69, 9.17) is 4.74 Å². The normalized spacial score (nSPS) is 18.9. The number of nitrogens with zero attached hydrogens (tertiary/aromatic N) is 2. The molecule has 4 heteroatoms. The number of carbonyl (C=O) groups excluding carboxylic acids is 1. The van der Waals surface area contributed by atoms with Crippen molar-refractivity contribution in [2.24, 2.45) is 0 Å². The molecule has 1 atom stereocenters. The fourth-order valence-electron chi connectivity index (χ4n) is 2.38. The second-order valence-corrected chi connectivity index (χ2v) is 4.70. The number of pyridine rings is 1. The van der Waals surface area contributed by atoms with Crippen LogP contribution < -0.4 is 4.90 Å². The van der Waals surface area contributed by atoms with Crippen LogP contribution in [-0.2, 0) is 4.74 Å². The molecule has 0 N–H and O–H groups in total. The highest BCUT2D eigenvalue weighted by molar-refractivity contribution is 5.75. The van der Waals surface area contributed by atoms with Crippen LogP contribution in [0, 0.1) is 6.92 Å². The van der Waals surface area contributed by atoms with Gasteiger partial charge in [0.05, 0.1) is 6.10 Å². The molecule has 0 saturated carbocycles. The molecule has 2 heterocycles. The third-order valence-electron chi connectivity index (χ3n) is 3.34. The van der Waals surface area contributed by atoms with Crippen molar-refractivity contribution in [3.63, 3.8) is 0 Å². The molecule has 1 saturated heterocycles. The number of hydrogen-bond acceptors (Lipinski definition) is 4. The molecule has 18 heavy (non-hydrogen) atoms. The fourth-order valence-corrected chi connectivity index (χ4v) is 2.38. The number of likely N-dealkylation sites (N-methyl/N-ethyl adjacent to an activating group) is 1. The molecule has 1 aromatic heterocycles. The quantitative estimate of drug-likeness (QED) is 0.749. The Kier molecular flexibility index (Phi) is 4.31. The van der Waals surface area contributed by atoms with Crippen LogP contribution in [0.1, 0.15) is 35.7 Å². The first-order valence-electron chi connectivity index (χ1n) is 6.53. The van der Waals surface area contributed by atoms with Gasteiger partial charge in [0.25, 0.3) is 0 Å². The first-order valence-corrected chi connectivity index (χ1v) is 6.53. The van der Waals surface area contributed by atoms with E-state index in [1.54, 1.807) is 6.20 Å². The standard InChI is InChI=1S/C14H20N2O2/c1-3-16(9-13-5-4-6-18-13)14-11(2)7-12(10-17)8-15-14/h7-8,10,13H,3-6,9H2,1-2H3. The van der Waals surface area contributed by atoms with Crippen molar-refractivity contribution in [2.45, 2.75) is 32.8 Å². The molecule has 1 aliphatic rings. The van der Waals surface area contributed by atoms with E-state index in [1.165, 1.54) is 0 Å². The lowest BCUT2D eigenvalue weighted by molar-refractivity contribution is 0.112. The van der Waals surface area contributed by atoms with Crippen LogP contribution in [-0.4, -0.2) is 37.1 Å². The number of hydrogen-bond donors (Lipinski definition) is 0. The molecule has 1 aliphatic heterocycles. The summed E-state index contributed by atoms with van der Waals surface area (Å²) in [7, 11) is 0. The van der Waals surface area contributed by atoms with E-state index in [0.717, 1.165) is 50.2 Å². The lowest BCUT2D eigenvalue weighted by Crippen LogP contribution is -2.33. The van der Waals surface area contributed by atoms with Gasteiger partial charge in [-0.1, -0.05) is 0 Å². The van der Waals surface area contributed by atoms with Gasteiger partial charge in [0.1, 0.15) is 5.82 Å². The predicted octanol–water partition coefficient (Wildman–Crippen LogP) is 2.21. The van der Waals surface area contributed by atoms with Gasteiger partial charge in [0.2, 0.25) is 0 Å². The topological polar surface area (TPSA) is 42.4 Å². The Morgan fingerprint density at radius 2 is 2.44 bits per heavy atom. The molecule has 0 amide bonds. The van der Waals surface area contributed by atoms with Crippen molar-refractivity contribution < 1.29 is 9.53 Å². The molecule has 0 spiro atoms. The smallest absolute Gasteiger partial charge is 0.151 e. The Morgan fingerprint density at radius 1 is 1.61 bits per heavy atom. The fraction of sp³-hybridized carbons (Fsp3) is 0.571. The molecular weight excluding hydrogens is 228 g/mol. The van der Waals surface area contributed by atoms with E-state index in [1.807, 2.05) is 13.0 Å². The van der Waals surface area contributed by atoms with Gasteiger partial charge in [0, 0.05) is 31.5 Å². The van der Waals surface area contributed by atoms with Crippen molar-refractivity contribution in [3.8, 4) is 0 Å². The molecule has 0 aromatic carbocycles. The molecule has 1 unspecified atom stereocenters. The van der Waals surface area contributed by atoms with E-state index < -0.39 is 0 Å². The van der Waals surface area contributed by atoms with Crippen LogP contribution in [0.15, 0.2) is 12.3 Å². The summed E-state index contributed by atoms with van der Waals surface area (Å²) in [5.74, 6) is 0.957. The lowest BCUT2D eigenvalue weighted by Gasteiger charge is -2.26. The van der Waals surface area contributed by atoms with Gasteiger partial charge in [0.15, 0.2) is 6.29 Å². The van der Waals surface area contributed by atoms with Gasteiger partial charge in [-0.15, -0.1) is 0 Å². The Bertz CT molecular complexity index is 414. The summed E-state index contributed by atoms with van der Waals surface area (Å²) in [6.07, 6.45) is 5.06. The van der Waals surface area contributed by atoms with E-state index >= 15 is 0 Å². The largest absolute Gasteiger partial charge is 0.376 e. The Balaban J connectivity index is 2.13. The first-order chi connectivity index (χ1) is 8.74. The summed E-state index contributed by atoms with van der Waals surface area (Å²) >= 11 is 0. The number of aryl methyl sites for hydroxylation is 1. The zero-order valence-corrected chi connectivity index (χ0v) is 11.1. The average Bonchev–Trinajstić information content (AvgIpc) is 2.89. The number of carbonyl (C=O) groups is 1. The highest BCUT2D eigenvalue weighted by Gasteiger charge is 2.20. The number of anilines is 1. The number of ether oxygens (including phenoxy) is 1. The van der Waals surface area contributed by atoms with Gasteiger partial charge in [-0.2, -0.15) is 0 Å². The van der Waals surface area contributed by atoms with E-state index in [2.05, 4.69) is 16.8 Å². The number of aldehydes is 1. The molecule has 1 aromatic rings. The molecular formula is C14H20N2O2. The van der Waals surface area contributed by atoms with Crippen LogP contribution in [0.2, 0.25) is 0 Å². The molecule has 0 radical (unpaired) electrons. The van der Waals surface area contributed by atoms with Gasteiger partial charge < -0.3 is 9.64 Å². The summed E-state index contributed by atoms with van der Waals surface area (Å²) in [5, 5.41) is 0. The Labute approximate surface area is 108 Å². The van der Waals surface area contributed by atoms with Gasteiger partial charge in [-0.25, -0.2) is 4.98 Å². The van der Waals surface area contributed by atoms with Crippen molar-refractivity contribution in [1.82, 2.24) is 4.98 Å². The highest BCUT2D eigenvalue weighted by atomic mass is 16.5. The van der Waals surface area contributed by atoms with Crippen molar-refractivity contribution >= 4 is 12.1 Å². The van der Waals surface area contributed by atoms with Crippen molar-refractivity contribution in [2.75, 3.05) is 24.6 Å². The minimum absolute atomic E-state index is 0.317. The van der Waals surface area contributed by atoms with Crippen molar-refractivity contribution in [3.05, 3.63) is 23.4 Å². The van der Waals surface area contributed by atoms with Gasteiger partial charge >= 0.3 is 0 Å². The van der Waals surface area contributed by atoms with E-state index in [-0.39, 0.29) is 0 Å².